The number of aliphatic hydroxyl groups is 1. The highest BCUT2D eigenvalue weighted by molar-refractivity contribution is 5.31. The summed E-state index contributed by atoms with van der Waals surface area (Å²) in [5, 5.41) is 10.4. The molecule has 0 radical (unpaired) electrons. The second-order valence-corrected chi connectivity index (χ2v) is 4.80. The molecule has 1 heterocycles. The highest BCUT2D eigenvalue weighted by Crippen LogP contribution is 2.23. The van der Waals surface area contributed by atoms with Crippen LogP contribution in [0.4, 0.5) is 0 Å². The summed E-state index contributed by atoms with van der Waals surface area (Å²) >= 11 is 0. The lowest BCUT2D eigenvalue weighted by atomic mass is 10.1. The summed E-state index contributed by atoms with van der Waals surface area (Å²) in [5.41, 5.74) is 0.831. The van der Waals surface area contributed by atoms with E-state index in [1.807, 2.05) is 35.0 Å². The Balaban J connectivity index is 2.12. The van der Waals surface area contributed by atoms with Crippen LogP contribution in [0.3, 0.4) is 0 Å². The zero-order chi connectivity index (χ0) is 14.4. The number of ether oxygens (including phenoxy) is 1. The molecule has 4 nitrogen and oxygen atoms in total. The second-order valence-electron chi connectivity index (χ2n) is 4.80. The number of nitrogens with zero attached hydrogens (tertiary/aromatic N) is 2. The quantitative estimate of drug-likeness (QED) is 0.843. The zero-order valence-corrected chi connectivity index (χ0v) is 12.1. The Labute approximate surface area is 120 Å². The van der Waals surface area contributed by atoms with Crippen molar-refractivity contribution in [2.24, 2.45) is 0 Å². The molecule has 0 aliphatic heterocycles. The van der Waals surface area contributed by atoms with Gasteiger partial charge in [0.15, 0.2) is 0 Å². The largest absolute Gasteiger partial charge is 0.494 e. The number of aromatic nitrogens is 2. The first-order chi connectivity index (χ1) is 9.76. The third-order valence-corrected chi connectivity index (χ3v) is 3.13. The van der Waals surface area contributed by atoms with E-state index in [0.29, 0.717) is 12.4 Å². The van der Waals surface area contributed by atoms with Crippen LogP contribution < -0.4 is 4.74 Å². The van der Waals surface area contributed by atoms with Gasteiger partial charge in [0, 0.05) is 18.9 Å². The zero-order valence-electron chi connectivity index (χ0n) is 12.1. The van der Waals surface area contributed by atoms with Gasteiger partial charge < -0.3 is 14.4 Å². The van der Waals surface area contributed by atoms with Gasteiger partial charge in [-0.1, -0.05) is 26.0 Å². The first-order valence-corrected chi connectivity index (χ1v) is 7.18. The second kappa shape index (κ2) is 7.10. The average molecular weight is 274 g/mol. The summed E-state index contributed by atoms with van der Waals surface area (Å²) in [6.07, 6.45) is 4.93. The molecule has 0 fully saturated rings. The molecule has 108 valence electrons. The monoisotopic (exact) mass is 274 g/mol. The molecule has 2 rings (SSSR count). The number of hydrogen-bond acceptors (Lipinski definition) is 3. The minimum atomic E-state index is -0.697. The summed E-state index contributed by atoms with van der Waals surface area (Å²) in [7, 11) is 0. The number of benzene rings is 1. The molecule has 1 atom stereocenters. The highest BCUT2D eigenvalue weighted by atomic mass is 16.5. The van der Waals surface area contributed by atoms with Crippen molar-refractivity contribution < 1.29 is 9.84 Å². The van der Waals surface area contributed by atoms with Crippen LogP contribution in [0.15, 0.2) is 36.7 Å². The molecule has 4 heteroatoms. The van der Waals surface area contributed by atoms with E-state index < -0.39 is 6.10 Å². The van der Waals surface area contributed by atoms with Crippen molar-refractivity contribution in [3.8, 4) is 5.75 Å². The summed E-state index contributed by atoms with van der Waals surface area (Å²) in [4.78, 5) is 4.26. The Morgan fingerprint density at radius 2 is 1.95 bits per heavy atom. The average Bonchev–Trinajstić information content (AvgIpc) is 2.93. The van der Waals surface area contributed by atoms with Gasteiger partial charge in [-0.25, -0.2) is 4.98 Å². The van der Waals surface area contributed by atoms with Crippen molar-refractivity contribution in [1.29, 1.82) is 0 Å². The standard InChI is InChI=1S/C16H22N2O2/c1-3-10-18-11-9-17-16(18)15(19)13-5-7-14(8-6-13)20-12-4-2/h5-9,11,15,19H,3-4,10,12H2,1-2H3. The van der Waals surface area contributed by atoms with E-state index >= 15 is 0 Å². The van der Waals surface area contributed by atoms with Crippen LogP contribution in [0.25, 0.3) is 0 Å². The molecule has 0 spiro atoms. The maximum atomic E-state index is 10.4. The topological polar surface area (TPSA) is 47.3 Å². The van der Waals surface area contributed by atoms with E-state index in [-0.39, 0.29) is 0 Å². The molecule has 0 aliphatic carbocycles. The van der Waals surface area contributed by atoms with Crippen LogP contribution in [-0.2, 0) is 6.54 Å². The molecule has 0 saturated carbocycles. The lowest BCUT2D eigenvalue weighted by molar-refractivity contribution is 0.204. The van der Waals surface area contributed by atoms with E-state index in [1.165, 1.54) is 0 Å². The van der Waals surface area contributed by atoms with E-state index in [0.717, 1.165) is 30.7 Å². The maximum Gasteiger partial charge on any atom is 0.142 e. The van der Waals surface area contributed by atoms with Crippen LogP contribution >= 0.6 is 0 Å². The normalized spacial score (nSPS) is 12.3. The van der Waals surface area contributed by atoms with Gasteiger partial charge >= 0.3 is 0 Å². The van der Waals surface area contributed by atoms with Crippen LogP contribution in [0, 0.1) is 0 Å². The number of hydrogen-bond donors (Lipinski definition) is 1. The number of imidazole rings is 1. The summed E-state index contributed by atoms with van der Waals surface area (Å²) in [6, 6.07) is 7.56. The molecule has 1 N–H and O–H groups in total. The lowest BCUT2D eigenvalue weighted by Crippen LogP contribution is -2.09. The minimum Gasteiger partial charge on any atom is -0.494 e. The molecule has 1 unspecified atom stereocenters. The van der Waals surface area contributed by atoms with Crippen LogP contribution in [-0.4, -0.2) is 21.3 Å². The van der Waals surface area contributed by atoms with E-state index in [9.17, 15) is 5.11 Å². The van der Waals surface area contributed by atoms with Crippen molar-refractivity contribution >= 4 is 0 Å². The number of rotatable bonds is 7. The summed E-state index contributed by atoms with van der Waals surface area (Å²) in [5.74, 6) is 1.52. The molecule has 1 aromatic heterocycles. The fourth-order valence-electron chi connectivity index (χ4n) is 2.11. The van der Waals surface area contributed by atoms with Crippen LogP contribution in [0.2, 0.25) is 0 Å². The summed E-state index contributed by atoms with van der Waals surface area (Å²) < 4.78 is 7.53. The molecule has 0 saturated heterocycles. The SMILES string of the molecule is CCCOc1ccc(C(O)c2nccn2CCC)cc1. The third kappa shape index (κ3) is 3.39. The smallest absolute Gasteiger partial charge is 0.142 e. The van der Waals surface area contributed by atoms with E-state index in [4.69, 9.17) is 4.74 Å². The lowest BCUT2D eigenvalue weighted by Gasteiger charge is -2.14. The highest BCUT2D eigenvalue weighted by Gasteiger charge is 2.15. The first kappa shape index (κ1) is 14.6. The number of aryl methyl sites for hydroxylation is 1. The van der Waals surface area contributed by atoms with Crippen LogP contribution in [0.1, 0.15) is 44.2 Å². The van der Waals surface area contributed by atoms with Gasteiger partial charge in [0.2, 0.25) is 0 Å². The van der Waals surface area contributed by atoms with Gasteiger partial charge in [0.25, 0.3) is 0 Å². The molecular formula is C16H22N2O2. The molecule has 0 amide bonds. The fraction of sp³-hybridized carbons (Fsp3) is 0.438. The van der Waals surface area contributed by atoms with Crippen molar-refractivity contribution in [3.63, 3.8) is 0 Å². The predicted molar refractivity (Wildman–Crippen MR) is 78.8 cm³/mol. The summed E-state index contributed by atoms with van der Waals surface area (Å²) in [6.45, 7) is 5.76. The Bertz CT molecular complexity index is 520. The van der Waals surface area contributed by atoms with Crippen molar-refractivity contribution in [3.05, 3.63) is 48.0 Å². The Hall–Kier alpha value is -1.81. The van der Waals surface area contributed by atoms with Crippen molar-refractivity contribution in [2.75, 3.05) is 6.61 Å². The Morgan fingerprint density at radius 3 is 2.60 bits per heavy atom. The molecular weight excluding hydrogens is 252 g/mol. The number of aliphatic hydroxyl groups excluding tert-OH is 1. The van der Waals surface area contributed by atoms with Crippen molar-refractivity contribution in [2.45, 2.75) is 39.3 Å². The van der Waals surface area contributed by atoms with E-state index in [1.54, 1.807) is 6.20 Å². The minimum absolute atomic E-state index is 0.689. The molecule has 1 aromatic carbocycles. The van der Waals surface area contributed by atoms with Gasteiger partial charge in [-0.15, -0.1) is 0 Å². The van der Waals surface area contributed by atoms with Crippen LogP contribution in [0.5, 0.6) is 5.75 Å². The Morgan fingerprint density at radius 1 is 1.20 bits per heavy atom. The fourth-order valence-corrected chi connectivity index (χ4v) is 2.11. The first-order valence-electron chi connectivity index (χ1n) is 7.18. The van der Waals surface area contributed by atoms with Gasteiger partial charge in [0.05, 0.1) is 6.61 Å². The molecule has 0 aliphatic rings. The maximum absolute atomic E-state index is 10.4. The van der Waals surface area contributed by atoms with Crippen molar-refractivity contribution in [1.82, 2.24) is 9.55 Å². The van der Waals surface area contributed by atoms with Gasteiger partial charge in [-0.05, 0) is 30.5 Å². The molecule has 2 aromatic rings. The Kier molecular flexibility index (Phi) is 5.18. The third-order valence-electron chi connectivity index (χ3n) is 3.13. The van der Waals surface area contributed by atoms with Gasteiger partial charge in [-0.2, -0.15) is 0 Å². The predicted octanol–water partition coefficient (Wildman–Crippen LogP) is 3.16. The van der Waals surface area contributed by atoms with Gasteiger partial charge in [-0.3, -0.25) is 0 Å². The van der Waals surface area contributed by atoms with Gasteiger partial charge in [0.1, 0.15) is 17.7 Å². The molecule has 20 heavy (non-hydrogen) atoms. The van der Waals surface area contributed by atoms with E-state index in [2.05, 4.69) is 18.8 Å². The molecule has 0 bridgehead atoms.